The van der Waals surface area contributed by atoms with Crippen LogP contribution >= 0.6 is 0 Å². The number of rotatable bonds is 3. The van der Waals surface area contributed by atoms with E-state index < -0.39 is 23.7 Å². The van der Waals surface area contributed by atoms with E-state index in [0.717, 1.165) is 12.3 Å². The maximum Gasteiger partial charge on any atom is 0.305 e. The standard InChI is InChI=1S/C12H13FN2O4/c13-8-1-2-10(14-6-8)12(18)15-3-4-19-7-9(15)5-11(16)17/h1-2,6,9H,3-5,7H2,(H,16,17). The molecular weight excluding hydrogens is 255 g/mol. The first-order valence-electron chi connectivity index (χ1n) is 5.80. The third-order valence-electron chi connectivity index (χ3n) is 2.85. The molecule has 1 aliphatic heterocycles. The summed E-state index contributed by atoms with van der Waals surface area (Å²) in [5, 5.41) is 8.81. The minimum absolute atomic E-state index is 0.0960. The smallest absolute Gasteiger partial charge is 0.305 e. The summed E-state index contributed by atoms with van der Waals surface area (Å²) in [4.78, 5) is 28.1. The lowest BCUT2D eigenvalue weighted by molar-refractivity contribution is -0.139. The number of hydrogen-bond donors (Lipinski definition) is 1. The molecule has 1 aliphatic rings. The number of aliphatic carboxylic acids is 1. The Kier molecular flexibility index (Phi) is 4.06. The fourth-order valence-electron chi connectivity index (χ4n) is 1.94. The number of amides is 1. The van der Waals surface area contributed by atoms with Crippen molar-refractivity contribution in [2.45, 2.75) is 12.5 Å². The van der Waals surface area contributed by atoms with Crippen molar-refractivity contribution in [3.8, 4) is 0 Å². The van der Waals surface area contributed by atoms with Gasteiger partial charge >= 0.3 is 5.97 Å². The average molecular weight is 268 g/mol. The summed E-state index contributed by atoms with van der Waals surface area (Å²) in [5.74, 6) is -1.93. The van der Waals surface area contributed by atoms with Crippen molar-refractivity contribution in [1.29, 1.82) is 0 Å². The van der Waals surface area contributed by atoms with Crippen LogP contribution in [0, 0.1) is 5.82 Å². The molecule has 2 heterocycles. The number of halogens is 1. The SMILES string of the molecule is O=C(O)CC1COCCN1C(=O)c1ccc(F)cn1. The maximum absolute atomic E-state index is 12.8. The molecule has 0 saturated carbocycles. The number of carboxylic acid groups (broad SMARTS) is 1. The van der Waals surface area contributed by atoms with Gasteiger partial charge in [0, 0.05) is 6.54 Å². The number of aromatic nitrogens is 1. The van der Waals surface area contributed by atoms with Crippen LogP contribution in [0.25, 0.3) is 0 Å². The molecule has 7 heteroatoms. The Morgan fingerprint density at radius 2 is 2.32 bits per heavy atom. The predicted molar refractivity (Wildman–Crippen MR) is 62.1 cm³/mol. The summed E-state index contributed by atoms with van der Waals surface area (Å²) >= 11 is 0. The number of morpholine rings is 1. The Bertz CT molecular complexity index is 477. The van der Waals surface area contributed by atoms with Gasteiger partial charge in [0.25, 0.3) is 5.91 Å². The fraction of sp³-hybridized carbons (Fsp3) is 0.417. The van der Waals surface area contributed by atoms with Crippen LogP contribution < -0.4 is 0 Å². The number of pyridine rings is 1. The van der Waals surface area contributed by atoms with Crippen molar-refractivity contribution in [1.82, 2.24) is 9.88 Å². The molecule has 0 spiro atoms. The van der Waals surface area contributed by atoms with Gasteiger partial charge in [-0.3, -0.25) is 9.59 Å². The molecule has 0 aliphatic carbocycles. The highest BCUT2D eigenvalue weighted by Gasteiger charge is 2.30. The van der Waals surface area contributed by atoms with Gasteiger partial charge in [0.05, 0.1) is 31.9 Å². The monoisotopic (exact) mass is 268 g/mol. The summed E-state index contributed by atoms with van der Waals surface area (Å²) in [6.45, 7) is 0.831. The van der Waals surface area contributed by atoms with Gasteiger partial charge in [-0.1, -0.05) is 0 Å². The summed E-state index contributed by atoms with van der Waals surface area (Å²) in [7, 11) is 0. The van der Waals surface area contributed by atoms with E-state index in [1.807, 2.05) is 0 Å². The molecule has 1 aromatic rings. The molecule has 0 bridgehead atoms. The van der Waals surface area contributed by atoms with E-state index in [4.69, 9.17) is 9.84 Å². The van der Waals surface area contributed by atoms with Crippen molar-refractivity contribution < 1.29 is 23.8 Å². The molecule has 0 aromatic carbocycles. The van der Waals surface area contributed by atoms with Gasteiger partial charge in [-0.05, 0) is 12.1 Å². The molecule has 2 rings (SSSR count). The van der Waals surface area contributed by atoms with Gasteiger partial charge in [-0.15, -0.1) is 0 Å². The number of hydrogen-bond acceptors (Lipinski definition) is 4. The predicted octanol–water partition coefficient (Wildman–Crippen LogP) is 0.536. The minimum Gasteiger partial charge on any atom is -0.481 e. The van der Waals surface area contributed by atoms with E-state index in [0.29, 0.717) is 13.2 Å². The molecule has 1 N–H and O–H groups in total. The molecule has 19 heavy (non-hydrogen) atoms. The van der Waals surface area contributed by atoms with E-state index in [1.165, 1.54) is 11.0 Å². The third kappa shape index (κ3) is 3.25. The highest BCUT2D eigenvalue weighted by Crippen LogP contribution is 2.14. The second-order valence-corrected chi connectivity index (χ2v) is 4.19. The Morgan fingerprint density at radius 3 is 2.95 bits per heavy atom. The van der Waals surface area contributed by atoms with E-state index in [2.05, 4.69) is 4.98 Å². The van der Waals surface area contributed by atoms with Crippen LogP contribution in [0.1, 0.15) is 16.9 Å². The summed E-state index contributed by atoms with van der Waals surface area (Å²) < 4.78 is 17.9. The lowest BCUT2D eigenvalue weighted by Crippen LogP contribution is -2.49. The largest absolute Gasteiger partial charge is 0.481 e. The third-order valence-corrected chi connectivity index (χ3v) is 2.85. The number of carbonyl (C=O) groups excluding carboxylic acids is 1. The summed E-state index contributed by atoms with van der Waals surface area (Å²) in [6.07, 6.45) is 0.771. The van der Waals surface area contributed by atoms with Crippen LogP contribution in [-0.2, 0) is 9.53 Å². The van der Waals surface area contributed by atoms with Gasteiger partial charge in [-0.25, -0.2) is 9.37 Å². The number of carboxylic acids is 1. The lowest BCUT2D eigenvalue weighted by Gasteiger charge is -2.34. The van der Waals surface area contributed by atoms with E-state index in [9.17, 15) is 14.0 Å². The minimum atomic E-state index is -1.000. The van der Waals surface area contributed by atoms with Crippen LogP contribution in [0.5, 0.6) is 0 Å². The Hall–Kier alpha value is -2.02. The lowest BCUT2D eigenvalue weighted by atomic mass is 10.1. The quantitative estimate of drug-likeness (QED) is 0.865. The zero-order valence-electron chi connectivity index (χ0n) is 10.1. The summed E-state index contributed by atoms with van der Waals surface area (Å²) in [6, 6.07) is 1.91. The van der Waals surface area contributed by atoms with E-state index >= 15 is 0 Å². The number of ether oxygens (including phenoxy) is 1. The molecule has 1 atom stereocenters. The maximum atomic E-state index is 12.8. The normalized spacial score (nSPS) is 19.2. The second-order valence-electron chi connectivity index (χ2n) is 4.19. The molecule has 1 unspecified atom stereocenters. The fourth-order valence-corrected chi connectivity index (χ4v) is 1.94. The molecule has 1 amide bonds. The van der Waals surface area contributed by atoms with Crippen molar-refractivity contribution in [2.24, 2.45) is 0 Å². The van der Waals surface area contributed by atoms with Gasteiger partial charge in [0.2, 0.25) is 0 Å². The van der Waals surface area contributed by atoms with Crippen molar-refractivity contribution in [3.63, 3.8) is 0 Å². The Labute approximate surface area is 108 Å². The zero-order chi connectivity index (χ0) is 13.8. The van der Waals surface area contributed by atoms with Crippen molar-refractivity contribution in [2.75, 3.05) is 19.8 Å². The first-order chi connectivity index (χ1) is 9.08. The topological polar surface area (TPSA) is 79.7 Å². The summed E-state index contributed by atoms with van der Waals surface area (Å²) in [5.41, 5.74) is 0.0960. The number of nitrogens with zero attached hydrogens (tertiary/aromatic N) is 2. The molecule has 1 fully saturated rings. The zero-order valence-corrected chi connectivity index (χ0v) is 10.1. The van der Waals surface area contributed by atoms with Crippen molar-refractivity contribution in [3.05, 3.63) is 29.8 Å². The van der Waals surface area contributed by atoms with Gasteiger partial charge in [-0.2, -0.15) is 0 Å². The van der Waals surface area contributed by atoms with Crippen LogP contribution in [0.4, 0.5) is 4.39 Å². The highest BCUT2D eigenvalue weighted by atomic mass is 19.1. The van der Waals surface area contributed by atoms with Crippen LogP contribution in [-0.4, -0.2) is 52.7 Å². The van der Waals surface area contributed by atoms with Crippen LogP contribution in [0.2, 0.25) is 0 Å². The Balaban J connectivity index is 2.15. The van der Waals surface area contributed by atoms with Gasteiger partial charge in [0.1, 0.15) is 11.5 Å². The Morgan fingerprint density at radius 1 is 1.53 bits per heavy atom. The molecule has 1 aromatic heterocycles. The number of carbonyl (C=O) groups is 2. The van der Waals surface area contributed by atoms with Crippen LogP contribution in [0.15, 0.2) is 18.3 Å². The molecular formula is C12H13FN2O4. The molecule has 0 radical (unpaired) electrons. The molecule has 102 valence electrons. The van der Waals surface area contributed by atoms with Gasteiger partial charge in [0.15, 0.2) is 0 Å². The first kappa shape index (κ1) is 13.4. The van der Waals surface area contributed by atoms with Crippen molar-refractivity contribution >= 4 is 11.9 Å². The van der Waals surface area contributed by atoms with E-state index in [-0.39, 0.29) is 18.7 Å². The van der Waals surface area contributed by atoms with E-state index in [1.54, 1.807) is 0 Å². The molecule has 1 saturated heterocycles. The highest BCUT2D eigenvalue weighted by molar-refractivity contribution is 5.92. The second kappa shape index (κ2) is 5.75. The van der Waals surface area contributed by atoms with Crippen LogP contribution in [0.3, 0.4) is 0 Å². The first-order valence-corrected chi connectivity index (χ1v) is 5.80. The van der Waals surface area contributed by atoms with Gasteiger partial charge < -0.3 is 14.7 Å². The molecule has 6 nitrogen and oxygen atoms in total. The average Bonchev–Trinajstić information content (AvgIpc) is 2.39.